The molecule has 1 heterocycles. The van der Waals surface area contributed by atoms with Crippen LogP contribution >= 0.6 is 0 Å². The molecule has 7 nitrogen and oxygen atoms in total. The second kappa shape index (κ2) is 7.26. The molecule has 0 spiro atoms. The van der Waals surface area contributed by atoms with Crippen LogP contribution in [0.1, 0.15) is 12.0 Å². The molecule has 0 aromatic heterocycles. The van der Waals surface area contributed by atoms with Crippen LogP contribution in [0.25, 0.3) is 0 Å². The minimum atomic E-state index is -1.16. The van der Waals surface area contributed by atoms with Gasteiger partial charge in [-0.25, -0.2) is 0 Å². The second-order valence-corrected chi connectivity index (χ2v) is 5.96. The number of para-hydroxylation sites is 3. The van der Waals surface area contributed by atoms with E-state index < -0.39 is 24.4 Å². The van der Waals surface area contributed by atoms with Crippen molar-refractivity contribution in [2.24, 2.45) is 0 Å². The zero-order chi connectivity index (χ0) is 18.7. The van der Waals surface area contributed by atoms with Crippen LogP contribution in [-0.4, -0.2) is 35.5 Å². The van der Waals surface area contributed by atoms with Crippen LogP contribution < -0.4 is 15.0 Å². The molecule has 2 aromatic rings. The number of nitrogens with one attached hydrogen (secondary N) is 1. The van der Waals surface area contributed by atoms with Crippen molar-refractivity contribution in [2.75, 3.05) is 16.8 Å². The minimum Gasteiger partial charge on any atom is -0.481 e. The van der Waals surface area contributed by atoms with E-state index in [-0.39, 0.29) is 12.5 Å². The molecule has 0 aliphatic carbocycles. The number of amides is 2. The van der Waals surface area contributed by atoms with Gasteiger partial charge in [-0.2, -0.15) is 0 Å². The number of carbonyl (C=O) groups is 3. The summed E-state index contributed by atoms with van der Waals surface area (Å²) in [6.07, 6.45) is -1.63. The molecular weight excluding hydrogens is 336 g/mol. The van der Waals surface area contributed by atoms with Crippen molar-refractivity contribution in [2.45, 2.75) is 19.4 Å². The quantitative estimate of drug-likeness (QED) is 0.858. The molecule has 1 aliphatic rings. The van der Waals surface area contributed by atoms with Gasteiger partial charge >= 0.3 is 5.97 Å². The highest BCUT2D eigenvalue weighted by atomic mass is 16.5. The molecule has 3 rings (SSSR count). The Morgan fingerprint density at radius 2 is 1.85 bits per heavy atom. The van der Waals surface area contributed by atoms with Gasteiger partial charge in [0.1, 0.15) is 12.3 Å². The van der Waals surface area contributed by atoms with Crippen LogP contribution in [0.15, 0.2) is 48.5 Å². The third-order valence-corrected chi connectivity index (χ3v) is 4.05. The molecule has 1 atom stereocenters. The molecular formula is C19H18N2O5. The van der Waals surface area contributed by atoms with E-state index in [0.717, 1.165) is 5.56 Å². The first-order chi connectivity index (χ1) is 12.5. The second-order valence-electron chi connectivity index (χ2n) is 5.96. The number of fused-ring (bicyclic) bond motifs is 1. The van der Waals surface area contributed by atoms with Crippen LogP contribution in [-0.2, 0) is 14.4 Å². The number of benzene rings is 2. The highest BCUT2D eigenvalue weighted by molar-refractivity contribution is 6.07. The average molecular weight is 354 g/mol. The van der Waals surface area contributed by atoms with Crippen LogP contribution in [0.2, 0.25) is 0 Å². The predicted octanol–water partition coefficient (Wildman–Crippen LogP) is 2.20. The number of carboxylic acid groups (broad SMARTS) is 1. The number of anilines is 2. The van der Waals surface area contributed by atoms with Gasteiger partial charge in [0.05, 0.1) is 12.1 Å². The summed E-state index contributed by atoms with van der Waals surface area (Å²) < 4.78 is 5.50. The summed E-state index contributed by atoms with van der Waals surface area (Å²) in [6.45, 7) is 1.64. The van der Waals surface area contributed by atoms with Crippen molar-refractivity contribution in [1.29, 1.82) is 0 Å². The van der Waals surface area contributed by atoms with Gasteiger partial charge in [-0.1, -0.05) is 30.3 Å². The Kier molecular flexibility index (Phi) is 4.88. The van der Waals surface area contributed by atoms with Crippen molar-refractivity contribution >= 4 is 29.2 Å². The zero-order valence-electron chi connectivity index (χ0n) is 14.1. The Bertz CT molecular complexity index is 865. The van der Waals surface area contributed by atoms with Gasteiger partial charge in [0, 0.05) is 5.69 Å². The van der Waals surface area contributed by atoms with Gasteiger partial charge in [0.15, 0.2) is 6.10 Å². The maximum atomic E-state index is 12.6. The SMILES string of the molecule is Cc1ccccc1NC(=O)CN1C(=O)C(CC(=O)O)Oc2ccccc21. The van der Waals surface area contributed by atoms with E-state index in [1.165, 1.54) is 4.90 Å². The van der Waals surface area contributed by atoms with E-state index >= 15 is 0 Å². The first-order valence-corrected chi connectivity index (χ1v) is 8.10. The first-order valence-electron chi connectivity index (χ1n) is 8.10. The highest BCUT2D eigenvalue weighted by Gasteiger charge is 2.36. The van der Waals surface area contributed by atoms with Gasteiger partial charge in [-0.3, -0.25) is 19.3 Å². The molecule has 0 radical (unpaired) electrons. The molecule has 0 fully saturated rings. The Morgan fingerprint density at radius 3 is 2.58 bits per heavy atom. The topological polar surface area (TPSA) is 95.9 Å². The summed E-state index contributed by atoms with van der Waals surface area (Å²) in [7, 11) is 0. The van der Waals surface area contributed by atoms with E-state index in [1.54, 1.807) is 36.4 Å². The molecule has 26 heavy (non-hydrogen) atoms. The molecule has 1 unspecified atom stereocenters. The maximum Gasteiger partial charge on any atom is 0.307 e. The van der Waals surface area contributed by atoms with E-state index in [0.29, 0.717) is 17.1 Å². The number of aliphatic carboxylic acids is 1. The number of nitrogens with zero attached hydrogens (tertiary/aromatic N) is 1. The van der Waals surface area contributed by atoms with Gasteiger partial charge in [-0.05, 0) is 30.7 Å². The smallest absolute Gasteiger partial charge is 0.307 e. The molecule has 2 N–H and O–H groups in total. The number of aryl methyl sites for hydroxylation is 1. The first kappa shape index (κ1) is 17.5. The Hall–Kier alpha value is -3.35. The average Bonchev–Trinajstić information content (AvgIpc) is 2.60. The van der Waals surface area contributed by atoms with Crippen molar-refractivity contribution in [1.82, 2.24) is 0 Å². The molecule has 0 saturated carbocycles. The number of hydrogen-bond donors (Lipinski definition) is 2. The number of carboxylic acids is 1. The van der Waals surface area contributed by atoms with Crippen molar-refractivity contribution < 1.29 is 24.2 Å². The monoisotopic (exact) mass is 354 g/mol. The molecule has 7 heteroatoms. The van der Waals surface area contributed by atoms with Crippen LogP contribution in [0.4, 0.5) is 11.4 Å². The summed E-state index contributed by atoms with van der Waals surface area (Å²) in [6, 6.07) is 14.1. The summed E-state index contributed by atoms with van der Waals surface area (Å²) >= 11 is 0. The summed E-state index contributed by atoms with van der Waals surface area (Å²) in [5, 5.41) is 11.8. The van der Waals surface area contributed by atoms with Crippen molar-refractivity contribution in [3.8, 4) is 5.75 Å². The summed E-state index contributed by atoms with van der Waals surface area (Å²) in [4.78, 5) is 37.4. The Morgan fingerprint density at radius 1 is 1.15 bits per heavy atom. The zero-order valence-corrected chi connectivity index (χ0v) is 14.1. The van der Waals surface area contributed by atoms with E-state index in [2.05, 4.69) is 5.32 Å². The maximum absolute atomic E-state index is 12.6. The normalized spacial score (nSPS) is 15.8. The third kappa shape index (κ3) is 3.66. The fraction of sp³-hybridized carbons (Fsp3) is 0.211. The molecule has 2 aromatic carbocycles. The van der Waals surface area contributed by atoms with Gasteiger partial charge in [0.2, 0.25) is 5.91 Å². The van der Waals surface area contributed by atoms with Gasteiger partial charge in [-0.15, -0.1) is 0 Å². The molecule has 0 saturated heterocycles. The van der Waals surface area contributed by atoms with Gasteiger partial charge in [0.25, 0.3) is 5.91 Å². The van der Waals surface area contributed by atoms with Crippen LogP contribution in [0.5, 0.6) is 5.75 Å². The van der Waals surface area contributed by atoms with Gasteiger partial charge < -0.3 is 15.2 Å². The van der Waals surface area contributed by atoms with E-state index in [4.69, 9.17) is 9.84 Å². The number of ether oxygens (including phenoxy) is 1. The number of carbonyl (C=O) groups excluding carboxylic acids is 2. The Balaban J connectivity index is 1.82. The lowest BCUT2D eigenvalue weighted by Gasteiger charge is -2.33. The third-order valence-electron chi connectivity index (χ3n) is 4.05. The lowest BCUT2D eigenvalue weighted by atomic mass is 10.1. The molecule has 0 bridgehead atoms. The fourth-order valence-electron chi connectivity index (χ4n) is 2.77. The largest absolute Gasteiger partial charge is 0.481 e. The molecule has 2 amide bonds. The Labute approximate surface area is 150 Å². The van der Waals surface area contributed by atoms with E-state index in [9.17, 15) is 14.4 Å². The summed E-state index contributed by atoms with van der Waals surface area (Å²) in [5.41, 5.74) is 2.01. The lowest BCUT2D eigenvalue weighted by molar-refractivity contribution is -0.142. The predicted molar refractivity (Wildman–Crippen MR) is 95.3 cm³/mol. The summed E-state index contributed by atoms with van der Waals surface area (Å²) in [5.74, 6) is -1.70. The lowest BCUT2D eigenvalue weighted by Crippen LogP contribution is -2.49. The number of rotatable bonds is 5. The molecule has 134 valence electrons. The van der Waals surface area contributed by atoms with Crippen molar-refractivity contribution in [3.05, 3.63) is 54.1 Å². The highest BCUT2D eigenvalue weighted by Crippen LogP contribution is 2.34. The minimum absolute atomic E-state index is 0.232. The molecule has 1 aliphatic heterocycles. The van der Waals surface area contributed by atoms with Crippen LogP contribution in [0, 0.1) is 6.92 Å². The number of hydrogen-bond acceptors (Lipinski definition) is 4. The van der Waals surface area contributed by atoms with E-state index in [1.807, 2.05) is 19.1 Å². The van der Waals surface area contributed by atoms with Crippen LogP contribution in [0.3, 0.4) is 0 Å². The standard InChI is InChI=1S/C19H18N2O5/c1-12-6-2-3-7-13(12)20-17(22)11-21-14-8-4-5-9-15(14)26-16(19(21)25)10-18(23)24/h2-9,16H,10-11H2,1H3,(H,20,22)(H,23,24). The van der Waals surface area contributed by atoms with Crippen molar-refractivity contribution in [3.63, 3.8) is 0 Å². The fourth-order valence-corrected chi connectivity index (χ4v) is 2.77.